The molecular weight excluding hydrogens is 442 g/mol. The number of nitrogens with one attached hydrogen (secondary N) is 1. The fourth-order valence-electron chi connectivity index (χ4n) is 6.00. The van der Waals surface area contributed by atoms with Crippen molar-refractivity contribution in [1.82, 2.24) is 5.32 Å². The minimum Gasteiger partial charge on any atom is -0.445 e. The number of ether oxygens (including phenoxy) is 1. The number of hydrogen-bond acceptors (Lipinski definition) is 5. The van der Waals surface area contributed by atoms with E-state index in [0.717, 1.165) is 30.9 Å². The largest absolute Gasteiger partial charge is 0.445 e. The minimum atomic E-state index is -1.60. The summed E-state index contributed by atoms with van der Waals surface area (Å²) in [5.74, 6) is -2.46. The van der Waals surface area contributed by atoms with Gasteiger partial charge in [0, 0.05) is 24.5 Å². The molecule has 3 aliphatic rings. The van der Waals surface area contributed by atoms with Gasteiger partial charge in [-0.3, -0.25) is 9.59 Å². The van der Waals surface area contributed by atoms with Crippen molar-refractivity contribution in [3.05, 3.63) is 72.4 Å². The standard InChI is InChI=1S/C29H35NO5/c1-18-9-7-13-22(31)15-16-25(32)35-29-23(14-8-10-18)27(33)20(3)19(2)26(29)24(30-28(29)34)17-21-11-5-4-6-12-21/h4-6,8,11-12,14-16,18-19,23-24,26-27,33H,3,7,9-10,13,17H2,1-2H3,(H,30,34)/b14-8+,16-15-/t18-,19-,23+,24+,26+,27-,29-/m0/s1. The molecule has 1 saturated heterocycles. The number of ketones is 1. The van der Waals surface area contributed by atoms with Crippen molar-refractivity contribution in [1.29, 1.82) is 0 Å². The summed E-state index contributed by atoms with van der Waals surface area (Å²) in [5.41, 5.74) is 0.0801. The second kappa shape index (κ2) is 10.3. The Kier molecular flexibility index (Phi) is 7.41. The molecule has 6 heteroatoms. The number of rotatable bonds is 2. The fraction of sp³-hybridized carbons (Fsp3) is 0.483. The molecule has 7 atom stereocenters. The third-order valence-corrected chi connectivity index (χ3v) is 7.91. The first-order valence-electron chi connectivity index (χ1n) is 12.6. The highest BCUT2D eigenvalue weighted by molar-refractivity contribution is 5.98. The maximum Gasteiger partial charge on any atom is 0.331 e. The molecule has 1 aromatic rings. The maximum atomic E-state index is 13.7. The molecule has 2 aliphatic heterocycles. The summed E-state index contributed by atoms with van der Waals surface area (Å²) in [7, 11) is 0. The van der Waals surface area contributed by atoms with Gasteiger partial charge in [-0.15, -0.1) is 0 Å². The summed E-state index contributed by atoms with van der Waals surface area (Å²) in [5, 5.41) is 14.4. The molecule has 0 aromatic heterocycles. The molecule has 0 radical (unpaired) electrons. The lowest BCUT2D eigenvalue weighted by atomic mass is 9.59. The fourth-order valence-corrected chi connectivity index (χ4v) is 6.00. The second-order valence-electron chi connectivity index (χ2n) is 10.3. The van der Waals surface area contributed by atoms with Crippen LogP contribution in [0.2, 0.25) is 0 Å². The highest BCUT2D eigenvalue weighted by Gasteiger charge is 2.67. The summed E-state index contributed by atoms with van der Waals surface area (Å²) >= 11 is 0. The van der Waals surface area contributed by atoms with Gasteiger partial charge in [-0.2, -0.15) is 0 Å². The first-order valence-corrected chi connectivity index (χ1v) is 12.6. The number of carbonyl (C=O) groups is 3. The zero-order valence-corrected chi connectivity index (χ0v) is 20.5. The van der Waals surface area contributed by atoms with Crippen LogP contribution in [0.3, 0.4) is 0 Å². The van der Waals surface area contributed by atoms with Gasteiger partial charge in [-0.05, 0) is 54.7 Å². The van der Waals surface area contributed by atoms with Crippen molar-refractivity contribution in [2.75, 3.05) is 0 Å². The van der Waals surface area contributed by atoms with Gasteiger partial charge in [0.1, 0.15) is 0 Å². The Morgan fingerprint density at radius 3 is 2.63 bits per heavy atom. The van der Waals surface area contributed by atoms with E-state index in [1.807, 2.05) is 49.4 Å². The Labute approximate surface area is 207 Å². The Hall–Kier alpha value is -2.99. The van der Waals surface area contributed by atoms with Crippen molar-refractivity contribution in [2.24, 2.45) is 23.7 Å². The molecule has 4 rings (SSSR count). The zero-order valence-electron chi connectivity index (χ0n) is 20.5. The lowest BCUT2D eigenvalue weighted by Gasteiger charge is -2.49. The van der Waals surface area contributed by atoms with Crippen molar-refractivity contribution >= 4 is 17.7 Å². The van der Waals surface area contributed by atoms with E-state index in [0.29, 0.717) is 24.3 Å². The van der Waals surface area contributed by atoms with Gasteiger partial charge < -0.3 is 15.2 Å². The van der Waals surface area contributed by atoms with Crippen LogP contribution in [0, 0.1) is 23.7 Å². The van der Waals surface area contributed by atoms with Gasteiger partial charge >= 0.3 is 5.97 Å². The summed E-state index contributed by atoms with van der Waals surface area (Å²) in [6.07, 6.45) is 8.39. The third kappa shape index (κ3) is 4.90. The Morgan fingerprint density at radius 1 is 1.14 bits per heavy atom. The molecule has 186 valence electrons. The van der Waals surface area contributed by atoms with Crippen molar-refractivity contribution in [2.45, 2.75) is 63.7 Å². The molecule has 35 heavy (non-hydrogen) atoms. The molecular formula is C29H35NO5. The molecule has 6 nitrogen and oxygen atoms in total. The monoisotopic (exact) mass is 477 g/mol. The molecule has 1 aromatic carbocycles. The molecule has 2 fully saturated rings. The van der Waals surface area contributed by atoms with E-state index in [9.17, 15) is 19.5 Å². The number of benzene rings is 1. The number of carbonyl (C=O) groups excluding carboxylic acids is 3. The Morgan fingerprint density at radius 2 is 1.89 bits per heavy atom. The number of allylic oxidation sites excluding steroid dienone is 2. The van der Waals surface area contributed by atoms with E-state index < -0.39 is 35.4 Å². The van der Waals surface area contributed by atoms with E-state index in [4.69, 9.17) is 4.74 Å². The number of hydrogen-bond donors (Lipinski definition) is 2. The lowest BCUT2D eigenvalue weighted by Crippen LogP contribution is -2.61. The van der Waals surface area contributed by atoms with Crippen LogP contribution in [-0.2, 0) is 25.5 Å². The molecule has 2 N–H and O–H groups in total. The van der Waals surface area contributed by atoms with Crippen LogP contribution in [0.15, 0.2) is 66.8 Å². The molecule has 0 unspecified atom stereocenters. The van der Waals surface area contributed by atoms with Crippen molar-refractivity contribution in [3.63, 3.8) is 0 Å². The summed E-state index contributed by atoms with van der Waals surface area (Å²) in [6, 6.07) is 9.53. The number of esters is 1. The average Bonchev–Trinajstić information content (AvgIpc) is 3.09. The number of aliphatic hydroxyl groups excluding tert-OH is 1. The molecule has 2 heterocycles. The predicted molar refractivity (Wildman–Crippen MR) is 133 cm³/mol. The maximum absolute atomic E-state index is 13.7. The molecule has 1 aliphatic carbocycles. The quantitative estimate of drug-likeness (QED) is 0.501. The van der Waals surface area contributed by atoms with E-state index in [-0.39, 0.29) is 17.7 Å². The highest BCUT2D eigenvalue weighted by atomic mass is 16.6. The van der Waals surface area contributed by atoms with Crippen LogP contribution in [0.25, 0.3) is 0 Å². The van der Waals surface area contributed by atoms with Gasteiger partial charge in [0.25, 0.3) is 5.91 Å². The van der Waals surface area contributed by atoms with Gasteiger partial charge in [-0.25, -0.2) is 4.79 Å². The SMILES string of the molecule is C=C1[C@H](C)[C@@H]2[C@@H](Cc3ccccc3)NC(=O)[C@@]23OC(=O)/C=C\C(=O)CCC[C@H](C)C/C=C/[C@@H]3[C@H]1O. The number of amides is 1. The summed E-state index contributed by atoms with van der Waals surface area (Å²) < 4.78 is 6.01. The Balaban J connectivity index is 1.79. The van der Waals surface area contributed by atoms with E-state index >= 15 is 0 Å². The van der Waals surface area contributed by atoms with Gasteiger partial charge in [0.15, 0.2) is 5.78 Å². The molecule has 0 bridgehead atoms. The smallest absolute Gasteiger partial charge is 0.331 e. The molecule has 1 saturated carbocycles. The van der Waals surface area contributed by atoms with E-state index in [1.165, 1.54) is 6.08 Å². The van der Waals surface area contributed by atoms with Crippen LogP contribution in [0.1, 0.15) is 45.1 Å². The highest BCUT2D eigenvalue weighted by Crippen LogP contribution is 2.52. The zero-order chi connectivity index (χ0) is 25.2. The first kappa shape index (κ1) is 25.1. The average molecular weight is 478 g/mol. The van der Waals surface area contributed by atoms with Crippen LogP contribution >= 0.6 is 0 Å². The lowest BCUT2D eigenvalue weighted by molar-refractivity contribution is -0.182. The Bertz CT molecular complexity index is 1040. The predicted octanol–water partition coefficient (Wildman–Crippen LogP) is 3.70. The van der Waals surface area contributed by atoms with E-state index in [1.54, 1.807) is 0 Å². The summed E-state index contributed by atoms with van der Waals surface area (Å²) in [4.78, 5) is 38.9. The topological polar surface area (TPSA) is 92.7 Å². The second-order valence-corrected chi connectivity index (χ2v) is 10.3. The van der Waals surface area contributed by atoms with Gasteiger partial charge in [0.05, 0.1) is 12.0 Å². The first-order chi connectivity index (χ1) is 16.7. The van der Waals surface area contributed by atoms with Crippen LogP contribution in [-0.4, -0.2) is 40.5 Å². The van der Waals surface area contributed by atoms with Crippen LogP contribution in [0.4, 0.5) is 0 Å². The molecule has 1 spiro atoms. The van der Waals surface area contributed by atoms with E-state index in [2.05, 4.69) is 18.8 Å². The van der Waals surface area contributed by atoms with Crippen molar-refractivity contribution in [3.8, 4) is 0 Å². The minimum absolute atomic E-state index is 0.143. The molecule has 1 amide bonds. The summed E-state index contributed by atoms with van der Waals surface area (Å²) in [6.45, 7) is 8.21. The van der Waals surface area contributed by atoms with Crippen LogP contribution < -0.4 is 5.32 Å². The van der Waals surface area contributed by atoms with Crippen molar-refractivity contribution < 1.29 is 24.2 Å². The van der Waals surface area contributed by atoms with Gasteiger partial charge in [0.2, 0.25) is 5.60 Å². The third-order valence-electron chi connectivity index (χ3n) is 7.91. The normalized spacial score (nSPS) is 37.9. The van der Waals surface area contributed by atoms with Gasteiger partial charge in [-0.1, -0.05) is 62.9 Å². The number of aliphatic hydroxyl groups is 1. The van der Waals surface area contributed by atoms with Crippen LogP contribution in [0.5, 0.6) is 0 Å².